The Morgan fingerprint density at radius 3 is 2.87 bits per heavy atom. The van der Waals surface area contributed by atoms with Crippen LogP contribution in [0, 0.1) is 12.8 Å². The van der Waals surface area contributed by atoms with E-state index in [2.05, 4.69) is 28.7 Å². The summed E-state index contributed by atoms with van der Waals surface area (Å²) in [5, 5.41) is 0. The number of aryl methyl sites for hydroxylation is 1. The molecule has 3 rings (SSSR count). The van der Waals surface area contributed by atoms with E-state index in [1.165, 1.54) is 9.75 Å². The molecule has 0 aliphatic carbocycles. The summed E-state index contributed by atoms with van der Waals surface area (Å²) in [4.78, 5) is 5.19. The Bertz CT molecular complexity index is 636. The minimum atomic E-state index is -3.09. The van der Waals surface area contributed by atoms with Crippen LogP contribution < -0.4 is 4.72 Å². The van der Waals surface area contributed by atoms with Crippen LogP contribution >= 0.6 is 11.3 Å². The zero-order valence-corrected chi connectivity index (χ0v) is 15.5. The number of hydrogen-bond donors (Lipinski definition) is 1. The lowest BCUT2D eigenvalue weighted by Crippen LogP contribution is -2.64. The van der Waals surface area contributed by atoms with Crippen molar-refractivity contribution in [1.29, 1.82) is 0 Å². The van der Waals surface area contributed by atoms with Crippen LogP contribution in [0.25, 0.3) is 0 Å². The molecular weight excluding hydrogens is 332 g/mol. The van der Waals surface area contributed by atoms with E-state index in [4.69, 9.17) is 4.74 Å². The fourth-order valence-corrected chi connectivity index (χ4v) is 5.21. The number of nitrogens with zero attached hydrogens (tertiary/aromatic N) is 1. The zero-order chi connectivity index (χ0) is 16.5. The molecule has 2 aliphatic heterocycles. The Labute approximate surface area is 143 Å². The van der Waals surface area contributed by atoms with Crippen LogP contribution in [0.3, 0.4) is 0 Å². The molecule has 1 N–H and O–H groups in total. The zero-order valence-electron chi connectivity index (χ0n) is 13.9. The highest BCUT2D eigenvalue weighted by Crippen LogP contribution is 2.42. The van der Waals surface area contributed by atoms with Gasteiger partial charge in [-0.25, -0.2) is 13.1 Å². The molecule has 2 aliphatic rings. The van der Waals surface area contributed by atoms with E-state index in [1.54, 1.807) is 6.92 Å². The quantitative estimate of drug-likeness (QED) is 0.810. The largest absolute Gasteiger partial charge is 0.372 e. The summed E-state index contributed by atoms with van der Waals surface area (Å²) in [5.74, 6) is 0.608. The molecule has 0 radical (unpaired) electrons. The predicted molar refractivity (Wildman–Crippen MR) is 93.2 cm³/mol. The van der Waals surface area contributed by atoms with Gasteiger partial charge in [0, 0.05) is 42.5 Å². The fourth-order valence-electron chi connectivity index (χ4n) is 3.65. The highest BCUT2D eigenvalue weighted by molar-refractivity contribution is 7.89. The molecule has 1 spiro atoms. The molecule has 0 aromatic carbocycles. The van der Waals surface area contributed by atoms with Crippen LogP contribution in [0.4, 0.5) is 0 Å². The molecular formula is C16H26N2O3S2. The molecule has 1 atom stereocenters. The van der Waals surface area contributed by atoms with Crippen LogP contribution in [0.15, 0.2) is 12.1 Å². The number of sulfonamides is 1. The normalized spacial score (nSPS) is 24.2. The summed E-state index contributed by atoms with van der Waals surface area (Å²) < 4.78 is 31.8. The smallest absolute Gasteiger partial charge is 0.211 e. The maximum atomic E-state index is 11.5. The van der Waals surface area contributed by atoms with Gasteiger partial charge < -0.3 is 4.74 Å². The van der Waals surface area contributed by atoms with E-state index in [9.17, 15) is 8.42 Å². The van der Waals surface area contributed by atoms with Crippen molar-refractivity contribution in [2.24, 2.45) is 5.92 Å². The Morgan fingerprint density at radius 1 is 1.43 bits per heavy atom. The van der Waals surface area contributed by atoms with Gasteiger partial charge in [0.25, 0.3) is 0 Å². The monoisotopic (exact) mass is 358 g/mol. The molecule has 3 heterocycles. The third-order valence-electron chi connectivity index (χ3n) is 4.95. The van der Waals surface area contributed by atoms with Gasteiger partial charge in [-0.1, -0.05) is 0 Å². The second-order valence-corrected chi connectivity index (χ2v) is 10.1. The first kappa shape index (κ1) is 17.4. The first-order valence-corrected chi connectivity index (χ1v) is 10.8. The summed E-state index contributed by atoms with van der Waals surface area (Å²) in [5.41, 5.74) is -0.0377. The minimum absolute atomic E-state index is 0.0377. The highest BCUT2D eigenvalue weighted by atomic mass is 32.2. The van der Waals surface area contributed by atoms with Crippen molar-refractivity contribution in [2.45, 2.75) is 38.8 Å². The second-order valence-electron chi connectivity index (χ2n) is 6.64. The van der Waals surface area contributed by atoms with Crippen molar-refractivity contribution in [3.63, 3.8) is 0 Å². The van der Waals surface area contributed by atoms with E-state index < -0.39 is 10.0 Å². The van der Waals surface area contributed by atoms with Crippen molar-refractivity contribution in [2.75, 3.05) is 32.0 Å². The summed E-state index contributed by atoms with van der Waals surface area (Å²) in [6.07, 6.45) is 1.91. The van der Waals surface area contributed by atoms with Crippen molar-refractivity contribution < 1.29 is 13.2 Å². The van der Waals surface area contributed by atoms with Gasteiger partial charge in [-0.3, -0.25) is 4.90 Å². The summed E-state index contributed by atoms with van der Waals surface area (Å²) in [6.45, 7) is 8.06. The number of hydrogen-bond acceptors (Lipinski definition) is 5. The maximum Gasteiger partial charge on any atom is 0.211 e. The molecule has 23 heavy (non-hydrogen) atoms. The predicted octanol–water partition coefficient (Wildman–Crippen LogP) is 1.98. The number of nitrogens with one attached hydrogen (secondary N) is 1. The first-order valence-electron chi connectivity index (χ1n) is 8.31. The van der Waals surface area contributed by atoms with E-state index in [0.29, 0.717) is 12.5 Å². The third-order valence-corrected chi connectivity index (χ3v) is 7.34. The fraction of sp³-hybridized carbons (Fsp3) is 0.750. The number of ether oxygens (including phenoxy) is 1. The van der Waals surface area contributed by atoms with Crippen LogP contribution in [-0.2, 0) is 21.3 Å². The van der Waals surface area contributed by atoms with Gasteiger partial charge in [0.15, 0.2) is 0 Å². The van der Waals surface area contributed by atoms with Crippen LogP contribution in [-0.4, -0.2) is 50.9 Å². The molecule has 130 valence electrons. The number of rotatable bonds is 7. The first-order chi connectivity index (χ1) is 10.9. The molecule has 0 bridgehead atoms. The highest BCUT2D eigenvalue weighted by Gasteiger charge is 2.52. The Morgan fingerprint density at radius 2 is 2.22 bits per heavy atom. The van der Waals surface area contributed by atoms with Gasteiger partial charge in [0.1, 0.15) is 0 Å². The third kappa shape index (κ3) is 3.96. The number of thiophene rings is 1. The van der Waals surface area contributed by atoms with Gasteiger partial charge in [0.05, 0.1) is 11.4 Å². The van der Waals surface area contributed by atoms with Crippen molar-refractivity contribution in [3.05, 3.63) is 21.9 Å². The summed E-state index contributed by atoms with van der Waals surface area (Å²) >= 11 is 1.86. The minimum Gasteiger partial charge on any atom is -0.372 e. The molecule has 0 unspecified atom stereocenters. The van der Waals surface area contributed by atoms with E-state index in [-0.39, 0.29) is 11.4 Å². The average Bonchev–Trinajstić information content (AvgIpc) is 3.06. The van der Waals surface area contributed by atoms with Crippen LogP contribution in [0.2, 0.25) is 0 Å². The van der Waals surface area contributed by atoms with E-state index in [1.807, 2.05) is 11.3 Å². The van der Waals surface area contributed by atoms with Gasteiger partial charge in [-0.15, -0.1) is 11.3 Å². The van der Waals surface area contributed by atoms with Gasteiger partial charge in [-0.2, -0.15) is 0 Å². The van der Waals surface area contributed by atoms with Crippen molar-refractivity contribution in [1.82, 2.24) is 9.62 Å². The lowest BCUT2D eigenvalue weighted by Gasteiger charge is -2.50. The lowest BCUT2D eigenvalue weighted by atomic mass is 9.79. The van der Waals surface area contributed by atoms with Crippen LogP contribution in [0.5, 0.6) is 0 Å². The topological polar surface area (TPSA) is 58.6 Å². The SMILES string of the molecule is CCS(=O)(=O)NCC[C@H]1CCOC12CN(Cc1ccc(C)s1)C2. The van der Waals surface area contributed by atoms with E-state index >= 15 is 0 Å². The molecule has 1 aromatic rings. The van der Waals surface area contributed by atoms with Crippen molar-refractivity contribution in [3.8, 4) is 0 Å². The summed E-state index contributed by atoms with van der Waals surface area (Å²) in [6, 6.07) is 4.38. The molecule has 7 heteroatoms. The lowest BCUT2D eigenvalue weighted by molar-refractivity contribution is -0.136. The van der Waals surface area contributed by atoms with Crippen LogP contribution in [0.1, 0.15) is 29.5 Å². The average molecular weight is 359 g/mol. The van der Waals surface area contributed by atoms with Crippen molar-refractivity contribution >= 4 is 21.4 Å². The second kappa shape index (κ2) is 6.80. The van der Waals surface area contributed by atoms with Gasteiger partial charge in [-0.05, 0) is 44.7 Å². The Kier molecular flexibility index (Phi) is 5.13. The number of likely N-dealkylation sites (tertiary alicyclic amines) is 1. The molecule has 2 saturated heterocycles. The van der Waals surface area contributed by atoms with E-state index in [0.717, 1.165) is 39.1 Å². The molecule has 0 amide bonds. The molecule has 1 aromatic heterocycles. The Balaban J connectivity index is 1.48. The molecule has 0 saturated carbocycles. The summed E-state index contributed by atoms with van der Waals surface area (Å²) in [7, 11) is -3.09. The maximum absolute atomic E-state index is 11.5. The van der Waals surface area contributed by atoms with Gasteiger partial charge in [0.2, 0.25) is 10.0 Å². The standard InChI is InChI=1S/C16H26N2O3S2/c1-3-23(19,20)17-8-6-14-7-9-21-16(14)11-18(12-16)10-15-5-4-13(2)22-15/h4-5,14,17H,3,6-12H2,1-2H3/t14-/m0/s1. The van der Waals surface area contributed by atoms with Gasteiger partial charge >= 0.3 is 0 Å². The molecule has 5 nitrogen and oxygen atoms in total. The molecule has 2 fully saturated rings. The Hall–Kier alpha value is -0.470.